The molecule has 0 spiro atoms. The summed E-state index contributed by atoms with van der Waals surface area (Å²) in [5.74, 6) is -0.439. The van der Waals surface area contributed by atoms with E-state index in [1.165, 1.54) is 24.3 Å². The molecule has 26 heavy (non-hydrogen) atoms. The molecular weight excluding hydrogens is 349 g/mol. The summed E-state index contributed by atoms with van der Waals surface area (Å²) < 4.78 is 13.1. The van der Waals surface area contributed by atoms with Crippen molar-refractivity contribution in [2.24, 2.45) is 0 Å². The Balaban J connectivity index is 1.65. The highest BCUT2D eigenvalue weighted by molar-refractivity contribution is 7.15. The Morgan fingerprint density at radius 3 is 2.69 bits per heavy atom. The number of thiazole rings is 1. The Morgan fingerprint density at radius 2 is 2.00 bits per heavy atom. The van der Waals surface area contributed by atoms with Gasteiger partial charge in [0, 0.05) is 35.3 Å². The van der Waals surface area contributed by atoms with Crippen LogP contribution in [-0.2, 0) is 6.42 Å². The molecule has 1 aromatic heterocycles. The van der Waals surface area contributed by atoms with Crippen LogP contribution in [0.15, 0.2) is 42.5 Å². The lowest BCUT2D eigenvalue weighted by molar-refractivity contribution is 0.0989. The smallest absolute Gasteiger partial charge is 0.258 e. The Bertz CT molecular complexity index is 981. The number of halogens is 1. The number of benzene rings is 2. The molecule has 0 atom stereocenters. The van der Waals surface area contributed by atoms with Gasteiger partial charge in [0.15, 0.2) is 5.13 Å². The van der Waals surface area contributed by atoms with Crippen LogP contribution in [0.4, 0.5) is 15.2 Å². The largest absolute Gasteiger partial charge is 0.365 e. The van der Waals surface area contributed by atoms with Gasteiger partial charge in [0.1, 0.15) is 5.82 Å². The number of hydrogen-bond acceptors (Lipinski definition) is 4. The van der Waals surface area contributed by atoms with Crippen LogP contribution in [0.5, 0.6) is 0 Å². The van der Waals surface area contributed by atoms with Crippen molar-refractivity contribution in [1.29, 1.82) is 0 Å². The summed E-state index contributed by atoms with van der Waals surface area (Å²) in [5, 5.41) is 3.98. The maximum absolute atomic E-state index is 13.1. The van der Waals surface area contributed by atoms with Crippen molar-refractivity contribution in [1.82, 2.24) is 4.98 Å². The minimum Gasteiger partial charge on any atom is -0.365 e. The molecule has 4 rings (SSSR count). The minimum absolute atomic E-state index is 0.0983. The molecule has 0 saturated heterocycles. The van der Waals surface area contributed by atoms with Crippen molar-refractivity contribution in [2.75, 3.05) is 23.8 Å². The fourth-order valence-corrected chi connectivity index (χ4v) is 4.07. The van der Waals surface area contributed by atoms with E-state index in [9.17, 15) is 9.18 Å². The molecule has 0 fully saturated rings. The molecule has 4 nitrogen and oxygen atoms in total. The fourth-order valence-electron chi connectivity index (χ4n) is 3.28. The van der Waals surface area contributed by atoms with Crippen LogP contribution in [0, 0.1) is 12.7 Å². The van der Waals surface area contributed by atoms with Gasteiger partial charge in [0.05, 0.1) is 5.69 Å². The molecule has 0 aliphatic carbocycles. The zero-order valence-corrected chi connectivity index (χ0v) is 15.4. The van der Waals surface area contributed by atoms with Gasteiger partial charge >= 0.3 is 0 Å². The van der Waals surface area contributed by atoms with Crippen LogP contribution in [0.3, 0.4) is 0 Å². The van der Waals surface area contributed by atoms with Gasteiger partial charge in [0.2, 0.25) is 0 Å². The Kier molecular flexibility index (Phi) is 4.20. The second-order valence-corrected chi connectivity index (χ2v) is 7.43. The van der Waals surface area contributed by atoms with Crippen molar-refractivity contribution < 1.29 is 9.18 Å². The first-order valence-electron chi connectivity index (χ1n) is 8.42. The highest BCUT2D eigenvalue weighted by atomic mass is 32.1. The van der Waals surface area contributed by atoms with E-state index in [1.807, 2.05) is 19.2 Å². The van der Waals surface area contributed by atoms with Crippen molar-refractivity contribution in [3.63, 3.8) is 0 Å². The summed E-state index contributed by atoms with van der Waals surface area (Å²) in [5.41, 5.74) is 4.60. The lowest BCUT2D eigenvalue weighted by Gasteiger charge is -2.17. The monoisotopic (exact) mass is 367 g/mol. The third-order valence-electron chi connectivity index (χ3n) is 4.60. The molecule has 2 heterocycles. The molecule has 132 valence electrons. The standard InChI is InChI=1S/C20H18FN3OS/c1-12-18(23-20(22-2)26-12)15-5-8-17-14(11-15)9-10-24(17)19(25)13-3-6-16(21)7-4-13/h3-8,11H,9-10H2,1-2H3,(H,22,23). The Hall–Kier alpha value is -2.73. The number of hydrogen-bond donors (Lipinski definition) is 1. The normalized spacial score (nSPS) is 13.0. The molecule has 2 aromatic carbocycles. The van der Waals surface area contributed by atoms with E-state index in [4.69, 9.17) is 0 Å². The van der Waals surface area contributed by atoms with E-state index in [1.54, 1.807) is 16.2 Å². The summed E-state index contributed by atoms with van der Waals surface area (Å²) in [7, 11) is 1.86. The zero-order chi connectivity index (χ0) is 18.3. The van der Waals surface area contributed by atoms with Crippen LogP contribution in [0.2, 0.25) is 0 Å². The van der Waals surface area contributed by atoms with E-state index < -0.39 is 0 Å². The number of carbonyl (C=O) groups is 1. The predicted octanol–water partition coefficient (Wildman–Crippen LogP) is 4.50. The molecule has 1 amide bonds. The number of nitrogens with one attached hydrogen (secondary N) is 1. The second-order valence-electron chi connectivity index (χ2n) is 6.23. The molecule has 0 unspecified atom stereocenters. The van der Waals surface area contributed by atoms with E-state index in [0.717, 1.165) is 38.9 Å². The third kappa shape index (κ3) is 2.86. The van der Waals surface area contributed by atoms with Gasteiger partial charge in [-0.05, 0) is 55.3 Å². The molecule has 1 aliphatic heterocycles. The first kappa shape index (κ1) is 16.7. The summed E-state index contributed by atoms with van der Waals surface area (Å²) in [6, 6.07) is 11.8. The lowest BCUT2D eigenvalue weighted by atomic mass is 10.1. The third-order valence-corrected chi connectivity index (χ3v) is 5.58. The number of amides is 1. The van der Waals surface area contributed by atoms with Gasteiger partial charge in [-0.25, -0.2) is 9.37 Å². The molecule has 6 heteroatoms. The molecule has 3 aromatic rings. The maximum Gasteiger partial charge on any atom is 0.258 e. The maximum atomic E-state index is 13.1. The highest BCUT2D eigenvalue weighted by Crippen LogP contribution is 2.36. The highest BCUT2D eigenvalue weighted by Gasteiger charge is 2.26. The summed E-state index contributed by atoms with van der Waals surface area (Å²) in [6.07, 6.45) is 0.804. The van der Waals surface area contributed by atoms with Crippen molar-refractivity contribution in [3.05, 3.63) is 64.3 Å². The minimum atomic E-state index is -0.340. The zero-order valence-electron chi connectivity index (χ0n) is 14.5. The van der Waals surface area contributed by atoms with E-state index in [0.29, 0.717) is 12.1 Å². The molecule has 0 bridgehead atoms. The number of aromatic nitrogens is 1. The number of nitrogens with zero attached hydrogens (tertiary/aromatic N) is 2. The number of rotatable bonds is 3. The predicted molar refractivity (Wildman–Crippen MR) is 104 cm³/mol. The Labute approximate surface area is 155 Å². The number of aryl methyl sites for hydroxylation is 1. The molecule has 0 radical (unpaired) electrons. The van der Waals surface area contributed by atoms with Crippen molar-refractivity contribution in [3.8, 4) is 11.3 Å². The first-order valence-corrected chi connectivity index (χ1v) is 9.24. The van der Waals surface area contributed by atoms with Crippen LogP contribution < -0.4 is 10.2 Å². The quantitative estimate of drug-likeness (QED) is 0.741. The summed E-state index contributed by atoms with van der Waals surface area (Å²) >= 11 is 1.63. The van der Waals surface area contributed by atoms with E-state index in [2.05, 4.69) is 23.3 Å². The van der Waals surface area contributed by atoms with Crippen molar-refractivity contribution in [2.45, 2.75) is 13.3 Å². The second kappa shape index (κ2) is 6.53. The molecular formula is C20H18FN3OS. The van der Waals surface area contributed by atoms with Gasteiger partial charge in [0.25, 0.3) is 5.91 Å². The number of fused-ring (bicyclic) bond motifs is 1. The fraction of sp³-hybridized carbons (Fsp3) is 0.200. The van der Waals surface area contributed by atoms with Crippen LogP contribution in [-0.4, -0.2) is 24.5 Å². The molecule has 0 saturated carbocycles. The van der Waals surface area contributed by atoms with Gasteiger partial charge in [-0.3, -0.25) is 4.79 Å². The summed E-state index contributed by atoms with van der Waals surface area (Å²) in [4.78, 5) is 20.3. The average molecular weight is 367 g/mol. The Morgan fingerprint density at radius 1 is 1.23 bits per heavy atom. The van der Waals surface area contributed by atoms with Crippen LogP contribution in [0.1, 0.15) is 20.8 Å². The van der Waals surface area contributed by atoms with Gasteiger partial charge in [-0.2, -0.15) is 0 Å². The van der Waals surface area contributed by atoms with Gasteiger partial charge < -0.3 is 10.2 Å². The van der Waals surface area contributed by atoms with Crippen LogP contribution in [0.25, 0.3) is 11.3 Å². The average Bonchev–Trinajstić information content (AvgIpc) is 3.24. The van der Waals surface area contributed by atoms with E-state index >= 15 is 0 Å². The number of anilines is 2. The van der Waals surface area contributed by atoms with Crippen molar-refractivity contribution >= 4 is 28.1 Å². The summed E-state index contributed by atoms with van der Waals surface area (Å²) in [6.45, 7) is 2.69. The van der Waals surface area contributed by atoms with Crippen LogP contribution >= 0.6 is 11.3 Å². The topological polar surface area (TPSA) is 45.2 Å². The lowest BCUT2D eigenvalue weighted by Crippen LogP contribution is -2.28. The number of carbonyl (C=O) groups excluding carboxylic acids is 1. The first-order chi connectivity index (χ1) is 12.6. The van der Waals surface area contributed by atoms with Gasteiger partial charge in [-0.1, -0.05) is 6.07 Å². The molecule has 1 aliphatic rings. The molecule has 1 N–H and O–H groups in total. The van der Waals surface area contributed by atoms with Gasteiger partial charge in [-0.15, -0.1) is 11.3 Å². The SMILES string of the molecule is CNc1nc(-c2ccc3c(c2)CCN3C(=O)c2ccc(F)cc2)c(C)s1. The van der Waals surface area contributed by atoms with E-state index in [-0.39, 0.29) is 11.7 Å².